The summed E-state index contributed by atoms with van der Waals surface area (Å²) in [5, 5.41) is 10.0. The second-order valence-corrected chi connectivity index (χ2v) is 10.1. The molecule has 0 bridgehead atoms. The Morgan fingerprint density at radius 1 is 0.905 bits per heavy atom. The molecule has 1 aliphatic heterocycles. The van der Waals surface area contributed by atoms with Crippen molar-refractivity contribution in [2.24, 2.45) is 0 Å². The highest BCUT2D eigenvalue weighted by molar-refractivity contribution is 6.31. The molecule has 3 heterocycles. The van der Waals surface area contributed by atoms with Gasteiger partial charge in [0, 0.05) is 50.9 Å². The molecule has 0 unspecified atom stereocenters. The van der Waals surface area contributed by atoms with Crippen LogP contribution in [0.15, 0.2) is 116 Å². The van der Waals surface area contributed by atoms with Crippen LogP contribution in [0.5, 0.6) is 11.5 Å². The summed E-state index contributed by atoms with van der Waals surface area (Å²) in [6, 6.07) is 30.7. The number of halogens is 1. The molecule has 0 fully saturated rings. The van der Waals surface area contributed by atoms with Gasteiger partial charge in [-0.2, -0.15) is 5.10 Å². The molecular weight excluding hydrogens is 548 g/mol. The Morgan fingerprint density at radius 2 is 1.79 bits per heavy atom. The van der Waals surface area contributed by atoms with Crippen LogP contribution < -0.4 is 14.8 Å². The molecule has 8 heteroatoms. The van der Waals surface area contributed by atoms with Crippen LogP contribution in [-0.2, 0) is 0 Å². The Labute approximate surface area is 246 Å². The molecule has 6 aromatic rings. The highest BCUT2D eigenvalue weighted by atomic mass is 35.5. The smallest absolute Gasteiger partial charge is 0.231 e. The zero-order valence-electron chi connectivity index (χ0n) is 22.2. The summed E-state index contributed by atoms with van der Waals surface area (Å²) in [6.45, 7) is 0.157. The third kappa shape index (κ3) is 5.09. The second-order valence-electron chi connectivity index (χ2n) is 9.70. The predicted molar refractivity (Wildman–Crippen MR) is 165 cm³/mol. The van der Waals surface area contributed by atoms with Crippen molar-refractivity contribution in [3.05, 3.63) is 132 Å². The number of carbonyl (C=O) groups excluding carboxylic acids is 1. The first-order valence-corrected chi connectivity index (χ1v) is 13.7. The first kappa shape index (κ1) is 25.6. The average molecular weight is 571 g/mol. The molecular formula is C34H23ClN4O3. The fourth-order valence-corrected chi connectivity index (χ4v) is 5.05. The van der Waals surface area contributed by atoms with E-state index in [2.05, 4.69) is 10.3 Å². The van der Waals surface area contributed by atoms with Crippen molar-refractivity contribution in [1.29, 1.82) is 0 Å². The summed E-state index contributed by atoms with van der Waals surface area (Å²) in [5.41, 5.74) is 6.48. The number of hydrogen-bond donors (Lipinski definition) is 1. The molecule has 0 radical (unpaired) electrons. The summed E-state index contributed by atoms with van der Waals surface area (Å²) < 4.78 is 12.6. The average Bonchev–Trinajstić information content (AvgIpc) is 3.67. The molecule has 4 aromatic carbocycles. The summed E-state index contributed by atoms with van der Waals surface area (Å²) >= 11 is 6.18. The number of ketones is 1. The fourth-order valence-electron chi connectivity index (χ4n) is 4.89. The molecule has 1 aliphatic rings. The van der Waals surface area contributed by atoms with Gasteiger partial charge in [-0.15, -0.1) is 0 Å². The van der Waals surface area contributed by atoms with Gasteiger partial charge in [-0.3, -0.25) is 9.78 Å². The standard InChI is InChI=1S/C34H23ClN4O3/c35-25-11-12-28-29(15-16-36-30(28)19-25)37-26-6-4-5-23(17-26)34-24(20-39(38-34)27-7-2-1-3-8-27)9-13-31(40)22-10-14-32-33(18-22)42-21-41-32/h1-20H,21H2,(H,36,37)/b13-9+. The van der Waals surface area contributed by atoms with Crippen molar-refractivity contribution in [2.75, 3.05) is 12.1 Å². The summed E-state index contributed by atoms with van der Waals surface area (Å²) in [7, 11) is 0. The van der Waals surface area contributed by atoms with Crippen molar-refractivity contribution >= 4 is 45.7 Å². The number of aromatic nitrogens is 3. The molecule has 0 aliphatic carbocycles. The van der Waals surface area contributed by atoms with E-state index in [0.717, 1.165) is 44.8 Å². The quantitative estimate of drug-likeness (QED) is 0.154. The number of fused-ring (bicyclic) bond motifs is 2. The van der Waals surface area contributed by atoms with Gasteiger partial charge in [0.2, 0.25) is 6.79 Å². The second kappa shape index (κ2) is 10.9. The van der Waals surface area contributed by atoms with Crippen LogP contribution in [0.25, 0.3) is 33.9 Å². The molecule has 7 rings (SSSR count). The molecule has 0 saturated heterocycles. The van der Waals surface area contributed by atoms with Crippen molar-refractivity contribution in [3.8, 4) is 28.4 Å². The Bertz CT molecular complexity index is 1980. The SMILES string of the molecule is O=C(/C=C/c1cn(-c2ccccc2)nc1-c1cccc(Nc2ccnc3cc(Cl)ccc23)c1)c1ccc2c(c1)OCO2. The summed E-state index contributed by atoms with van der Waals surface area (Å²) in [4.78, 5) is 17.5. The van der Waals surface area contributed by atoms with Crippen LogP contribution >= 0.6 is 11.6 Å². The van der Waals surface area contributed by atoms with Crippen molar-refractivity contribution < 1.29 is 14.3 Å². The lowest BCUT2D eigenvalue weighted by Crippen LogP contribution is -1.95. The van der Waals surface area contributed by atoms with Crippen molar-refractivity contribution in [1.82, 2.24) is 14.8 Å². The summed E-state index contributed by atoms with van der Waals surface area (Å²) in [5.74, 6) is 1.06. The van der Waals surface area contributed by atoms with E-state index in [4.69, 9.17) is 26.2 Å². The van der Waals surface area contributed by atoms with Gasteiger partial charge in [0.25, 0.3) is 0 Å². The summed E-state index contributed by atoms with van der Waals surface area (Å²) in [6.07, 6.45) is 7.04. The van der Waals surface area contributed by atoms with E-state index in [1.165, 1.54) is 0 Å². The maximum Gasteiger partial charge on any atom is 0.231 e. The lowest BCUT2D eigenvalue weighted by Gasteiger charge is -2.11. The third-order valence-electron chi connectivity index (χ3n) is 6.95. The zero-order chi connectivity index (χ0) is 28.5. The van der Waals surface area contributed by atoms with Gasteiger partial charge in [0.05, 0.1) is 11.2 Å². The topological polar surface area (TPSA) is 78.3 Å². The Kier molecular flexibility index (Phi) is 6.62. The number of allylic oxidation sites excluding steroid dienone is 1. The van der Waals surface area contributed by atoms with E-state index in [1.807, 2.05) is 89.7 Å². The van der Waals surface area contributed by atoms with Gasteiger partial charge < -0.3 is 14.8 Å². The number of rotatable bonds is 7. The van der Waals surface area contributed by atoms with Gasteiger partial charge in [-0.25, -0.2) is 4.68 Å². The number of ether oxygens (including phenoxy) is 2. The zero-order valence-corrected chi connectivity index (χ0v) is 23.0. The van der Waals surface area contributed by atoms with E-state index in [0.29, 0.717) is 22.1 Å². The molecule has 0 atom stereocenters. The Balaban J connectivity index is 1.24. The maximum absolute atomic E-state index is 13.1. The van der Waals surface area contributed by atoms with E-state index in [1.54, 1.807) is 36.5 Å². The largest absolute Gasteiger partial charge is 0.454 e. The highest BCUT2D eigenvalue weighted by Gasteiger charge is 2.16. The van der Waals surface area contributed by atoms with E-state index >= 15 is 0 Å². The van der Waals surface area contributed by atoms with Crippen LogP contribution in [-0.4, -0.2) is 27.3 Å². The minimum Gasteiger partial charge on any atom is -0.454 e. The third-order valence-corrected chi connectivity index (χ3v) is 7.19. The maximum atomic E-state index is 13.1. The normalized spacial score (nSPS) is 12.2. The predicted octanol–water partition coefficient (Wildman–Crippen LogP) is 8.11. The molecule has 7 nitrogen and oxygen atoms in total. The number of nitrogens with one attached hydrogen (secondary N) is 1. The van der Waals surface area contributed by atoms with E-state index in [-0.39, 0.29) is 12.6 Å². The lowest BCUT2D eigenvalue weighted by molar-refractivity contribution is 0.104. The highest BCUT2D eigenvalue weighted by Crippen LogP contribution is 2.34. The molecule has 0 amide bonds. The van der Waals surface area contributed by atoms with Crippen LogP contribution in [0.4, 0.5) is 11.4 Å². The van der Waals surface area contributed by atoms with Crippen molar-refractivity contribution in [2.45, 2.75) is 0 Å². The van der Waals surface area contributed by atoms with Crippen LogP contribution in [0.3, 0.4) is 0 Å². The number of nitrogens with zero attached hydrogens (tertiary/aromatic N) is 3. The van der Waals surface area contributed by atoms with Gasteiger partial charge in [-0.05, 0) is 78.9 Å². The Hall–Kier alpha value is -5.40. The van der Waals surface area contributed by atoms with Gasteiger partial charge in [-0.1, -0.05) is 41.9 Å². The number of para-hydroxylation sites is 1. The van der Waals surface area contributed by atoms with E-state index < -0.39 is 0 Å². The van der Waals surface area contributed by atoms with Crippen molar-refractivity contribution in [3.63, 3.8) is 0 Å². The molecule has 2 aromatic heterocycles. The fraction of sp³-hybridized carbons (Fsp3) is 0.0294. The number of anilines is 2. The first-order chi connectivity index (χ1) is 20.6. The lowest BCUT2D eigenvalue weighted by atomic mass is 10.0. The first-order valence-electron chi connectivity index (χ1n) is 13.3. The minimum absolute atomic E-state index is 0.146. The number of pyridine rings is 1. The van der Waals surface area contributed by atoms with Crippen LogP contribution in [0.1, 0.15) is 15.9 Å². The minimum atomic E-state index is -0.146. The Morgan fingerprint density at radius 3 is 2.69 bits per heavy atom. The van der Waals surface area contributed by atoms with Gasteiger partial charge in [0.15, 0.2) is 17.3 Å². The molecule has 1 N–H and O–H groups in total. The van der Waals surface area contributed by atoms with Gasteiger partial charge in [0.1, 0.15) is 5.69 Å². The number of carbonyl (C=O) groups is 1. The number of hydrogen-bond acceptors (Lipinski definition) is 6. The van der Waals surface area contributed by atoms with E-state index in [9.17, 15) is 4.79 Å². The molecule has 0 spiro atoms. The molecule has 0 saturated carbocycles. The molecule has 204 valence electrons. The van der Waals surface area contributed by atoms with Gasteiger partial charge >= 0.3 is 0 Å². The van der Waals surface area contributed by atoms with Crippen LogP contribution in [0, 0.1) is 0 Å². The molecule has 42 heavy (non-hydrogen) atoms. The monoisotopic (exact) mass is 570 g/mol. The number of benzene rings is 4. The van der Waals surface area contributed by atoms with Crippen LogP contribution in [0.2, 0.25) is 5.02 Å².